The normalized spacial score (nSPS) is 14.4. The number of aromatic nitrogens is 1. The zero-order chi connectivity index (χ0) is 42.4. The van der Waals surface area contributed by atoms with Crippen molar-refractivity contribution < 1.29 is 33.4 Å². The average molecular weight is 808 g/mol. The number of esters is 2. The summed E-state index contributed by atoms with van der Waals surface area (Å²) in [4.78, 5) is 56.3. The summed E-state index contributed by atoms with van der Waals surface area (Å²) in [6.45, 7) is 11.8. The SMILES string of the molecule is CCCCCC(C)COC(=O)CCCOC1=CC(C(=O)C(C)c2ccc3c(-c4ccccc4)ccc(CCCCCC(=O)OCC(CC)CCCC)c3n2)=C(C=O)CC1. The van der Waals surface area contributed by atoms with Gasteiger partial charge in [-0.3, -0.25) is 24.2 Å². The molecule has 3 unspecified atom stereocenters. The van der Waals surface area contributed by atoms with Crippen molar-refractivity contribution in [1.82, 2.24) is 4.98 Å². The molecule has 1 aromatic heterocycles. The fourth-order valence-corrected chi connectivity index (χ4v) is 7.65. The molecule has 320 valence electrons. The van der Waals surface area contributed by atoms with Crippen LogP contribution in [-0.4, -0.2) is 48.8 Å². The van der Waals surface area contributed by atoms with Gasteiger partial charge in [-0.15, -0.1) is 0 Å². The Morgan fingerprint density at radius 3 is 2.24 bits per heavy atom. The van der Waals surface area contributed by atoms with Crippen LogP contribution in [0.1, 0.15) is 155 Å². The number of Topliss-reactive ketones (excluding diaryl/α,β-unsaturated/α-hetero) is 1. The lowest BCUT2D eigenvalue weighted by Crippen LogP contribution is -2.17. The second-order valence-corrected chi connectivity index (χ2v) is 16.4. The van der Waals surface area contributed by atoms with Crippen LogP contribution >= 0.6 is 0 Å². The quantitative estimate of drug-likeness (QED) is 0.0405. The maximum atomic E-state index is 14.1. The van der Waals surface area contributed by atoms with Crippen molar-refractivity contribution in [2.75, 3.05) is 19.8 Å². The number of ether oxygens (including phenoxy) is 3. The third-order valence-corrected chi connectivity index (χ3v) is 11.6. The minimum atomic E-state index is -0.604. The second-order valence-electron chi connectivity index (χ2n) is 16.4. The highest BCUT2D eigenvalue weighted by Crippen LogP contribution is 2.34. The van der Waals surface area contributed by atoms with Crippen LogP contribution in [-0.2, 0) is 39.8 Å². The van der Waals surface area contributed by atoms with Gasteiger partial charge in [0.1, 0.15) is 6.29 Å². The number of hydrogen-bond donors (Lipinski definition) is 0. The Bertz CT molecular complexity index is 1860. The maximum absolute atomic E-state index is 14.1. The van der Waals surface area contributed by atoms with Crippen molar-refractivity contribution in [3.8, 4) is 11.1 Å². The summed E-state index contributed by atoms with van der Waals surface area (Å²) in [7, 11) is 0. The van der Waals surface area contributed by atoms with Gasteiger partial charge in [0.2, 0.25) is 0 Å². The van der Waals surface area contributed by atoms with E-state index in [2.05, 4.69) is 58.0 Å². The Hall–Kier alpha value is -4.59. The van der Waals surface area contributed by atoms with Crippen molar-refractivity contribution in [3.63, 3.8) is 0 Å². The first-order chi connectivity index (χ1) is 28.7. The van der Waals surface area contributed by atoms with Crippen LogP contribution in [0.25, 0.3) is 22.0 Å². The Kier molecular flexibility index (Phi) is 20.6. The van der Waals surface area contributed by atoms with Crippen molar-refractivity contribution in [2.45, 2.75) is 150 Å². The molecule has 0 radical (unpaired) electrons. The molecule has 1 heterocycles. The summed E-state index contributed by atoms with van der Waals surface area (Å²) in [6.07, 6.45) is 17.0. The van der Waals surface area contributed by atoms with Crippen LogP contribution in [0.5, 0.6) is 0 Å². The predicted octanol–water partition coefficient (Wildman–Crippen LogP) is 12.2. The van der Waals surface area contributed by atoms with Gasteiger partial charge >= 0.3 is 11.9 Å². The summed E-state index contributed by atoms with van der Waals surface area (Å²) >= 11 is 0. The second kappa shape index (κ2) is 25.8. The number of ketones is 1. The zero-order valence-electron chi connectivity index (χ0n) is 36.5. The van der Waals surface area contributed by atoms with E-state index in [9.17, 15) is 19.2 Å². The maximum Gasteiger partial charge on any atom is 0.305 e. The molecule has 3 aromatic rings. The van der Waals surface area contributed by atoms with E-state index in [4.69, 9.17) is 19.2 Å². The first-order valence-electron chi connectivity index (χ1n) is 22.5. The molecule has 0 fully saturated rings. The van der Waals surface area contributed by atoms with Gasteiger partial charge < -0.3 is 14.2 Å². The van der Waals surface area contributed by atoms with Gasteiger partial charge in [-0.2, -0.15) is 0 Å². The highest BCUT2D eigenvalue weighted by molar-refractivity contribution is 6.07. The molecule has 0 amide bonds. The largest absolute Gasteiger partial charge is 0.498 e. The lowest BCUT2D eigenvalue weighted by atomic mass is 9.87. The number of benzene rings is 2. The summed E-state index contributed by atoms with van der Waals surface area (Å²) in [5.74, 6) is 0.303. The number of aldehydes is 1. The van der Waals surface area contributed by atoms with E-state index in [1.54, 1.807) is 6.08 Å². The molecule has 0 bridgehead atoms. The number of unbranched alkanes of at least 4 members (excludes halogenated alkanes) is 5. The van der Waals surface area contributed by atoms with E-state index in [1.165, 1.54) is 12.8 Å². The van der Waals surface area contributed by atoms with Crippen LogP contribution in [0.15, 0.2) is 77.6 Å². The van der Waals surface area contributed by atoms with Gasteiger partial charge in [0.25, 0.3) is 0 Å². The topological polar surface area (TPSA) is 109 Å². The molecule has 4 rings (SSSR count). The highest BCUT2D eigenvalue weighted by atomic mass is 16.5. The molecule has 0 saturated carbocycles. The number of aryl methyl sites for hydroxylation is 1. The lowest BCUT2D eigenvalue weighted by molar-refractivity contribution is -0.146. The van der Waals surface area contributed by atoms with E-state index >= 15 is 0 Å². The number of pyridine rings is 1. The molecule has 0 N–H and O–H groups in total. The highest BCUT2D eigenvalue weighted by Gasteiger charge is 2.26. The Morgan fingerprint density at radius 1 is 0.763 bits per heavy atom. The van der Waals surface area contributed by atoms with E-state index in [0.717, 1.165) is 98.1 Å². The minimum Gasteiger partial charge on any atom is -0.498 e. The predicted molar refractivity (Wildman–Crippen MR) is 237 cm³/mol. The fraction of sp³-hybridized carbons (Fsp3) is 0.549. The number of carbonyl (C=O) groups is 4. The Labute approximate surface area is 353 Å². The van der Waals surface area contributed by atoms with Gasteiger partial charge in [0.15, 0.2) is 5.78 Å². The Balaban J connectivity index is 1.40. The summed E-state index contributed by atoms with van der Waals surface area (Å²) in [5.41, 5.74) is 5.57. The molecule has 8 heteroatoms. The zero-order valence-corrected chi connectivity index (χ0v) is 36.5. The van der Waals surface area contributed by atoms with Crippen LogP contribution in [0.3, 0.4) is 0 Å². The number of rotatable bonds is 28. The summed E-state index contributed by atoms with van der Waals surface area (Å²) in [5, 5.41) is 1.01. The Morgan fingerprint density at radius 2 is 1.51 bits per heavy atom. The molecule has 1 aliphatic carbocycles. The standard InChI is InChI=1S/C51H69NO7/c1-6-9-13-19-37(4)35-58-49(55)25-18-32-57-43-28-26-42(34-53)46(33-43)51(56)38(5)47-31-30-45-44(40-21-14-11-15-22-40)29-27-41(50(45)52-47)23-16-12-17-24-48(54)59-36-39(8-3)20-10-7-2/h11,14-15,21-22,27,29-31,33-34,37-39H,6-10,12-13,16-20,23-26,28,32,35-36H2,1-5H3. The minimum absolute atomic E-state index is 0.114. The molecule has 0 saturated heterocycles. The van der Waals surface area contributed by atoms with Crippen molar-refractivity contribution in [2.24, 2.45) is 11.8 Å². The molecule has 59 heavy (non-hydrogen) atoms. The van der Waals surface area contributed by atoms with E-state index < -0.39 is 5.92 Å². The smallest absolute Gasteiger partial charge is 0.305 e. The number of fused-ring (bicyclic) bond motifs is 1. The summed E-state index contributed by atoms with van der Waals surface area (Å²) < 4.78 is 17.1. The molecular weight excluding hydrogens is 739 g/mol. The van der Waals surface area contributed by atoms with Crippen LogP contribution in [0.2, 0.25) is 0 Å². The fourth-order valence-electron chi connectivity index (χ4n) is 7.65. The first-order valence-corrected chi connectivity index (χ1v) is 22.5. The molecular formula is C51H69NO7. The van der Waals surface area contributed by atoms with Crippen LogP contribution in [0, 0.1) is 11.8 Å². The third kappa shape index (κ3) is 15.2. The van der Waals surface area contributed by atoms with Gasteiger partial charge in [0.05, 0.1) is 42.7 Å². The number of allylic oxidation sites excluding steroid dienone is 4. The van der Waals surface area contributed by atoms with Crippen molar-refractivity contribution in [1.29, 1.82) is 0 Å². The van der Waals surface area contributed by atoms with E-state index in [-0.39, 0.29) is 24.1 Å². The average Bonchev–Trinajstić information content (AvgIpc) is 3.26. The monoisotopic (exact) mass is 808 g/mol. The van der Waals surface area contributed by atoms with Gasteiger partial charge in [-0.05, 0) is 92.5 Å². The lowest BCUT2D eigenvalue weighted by Gasteiger charge is -2.20. The van der Waals surface area contributed by atoms with Gasteiger partial charge in [-0.25, -0.2) is 0 Å². The van der Waals surface area contributed by atoms with E-state index in [0.29, 0.717) is 79.9 Å². The molecule has 8 nitrogen and oxygen atoms in total. The number of carbonyl (C=O) groups excluding carboxylic acids is 4. The van der Waals surface area contributed by atoms with Gasteiger partial charge in [-0.1, -0.05) is 121 Å². The van der Waals surface area contributed by atoms with Crippen molar-refractivity contribution in [3.05, 3.63) is 88.8 Å². The molecule has 1 aliphatic rings. The van der Waals surface area contributed by atoms with E-state index in [1.807, 2.05) is 31.2 Å². The van der Waals surface area contributed by atoms with Crippen LogP contribution in [0.4, 0.5) is 0 Å². The molecule has 0 aliphatic heterocycles. The molecule has 0 spiro atoms. The third-order valence-electron chi connectivity index (χ3n) is 11.6. The summed E-state index contributed by atoms with van der Waals surface area (Å²) in [6, 6.07) is 18.5. The van der Waals surface area contributed by atoms with Crippen LogP contribution < -0.4 is 0 Å². The number of nitrogens with zero attached hydrogens (tertiary/aromatic N) is 1. The van der Waals surface area contributed by atoms with Crippen molar-refractivity contribution >= 4 is 34.9 Å². The molecule has 3 atom stereocenters. The first kappa shape index (κ1) is 47.1. The molecule has 2 aromatic carbocycles. The van der Waals surface area contributed by atoms with Gasteiger partial charge in [0, 0.05) is 35.8 Å². The number of hydrogen-bond acceptors (Lipinski definition) is 8.